The molecule has 0 radical (unpaired) electrons. The van der Waals surface area contributed by atoms with Crippen LogP contribution in [0.25, 0.3) is 21.8 Å². The Hall–Kier alpha value is -4.54. The van der Waals surface area contributed by atoms with Crippen molar-refractivity contribution >= 4 is 48.9 Å². The summed E-state index contributed by atoms with van der Waals surface area (Å²) in [7, 11) is -3.38. The lowest BCUT2D eigenvalue weighted by molar-refractivity contribution is -0.117. The van der Waals surface area contributed by atoms with Crippen LogP contribution in [0.3, 0.4) is 0 Å². The number of benzene rings is 4. The third-order valence-corrected chi connectivity index (χ3v) is 8.07. The molecule has 1 atom stereocenters. The van der Waals surface area contributed by atoms with E-state index in [1.807, 2.05) is 55.5 Å². The molecule has 0 aliphatic carbocycles. The van der Waals surface area contributed by atoms with Crippen molar-refractivity contribution in [3.63, 3.8) is 0 Å². The van der Waals surface area contributed by atoms with Gasteiger partial charge in [-0.25, -0.2) is 13.4 Å². The number of carbonyl (C=O) groups is 1. The molecular formula is C30H21N3O3S. The molecule has 37 heavy (non-hydrogen) atoms. The number of sulfone groups is 1. The van der Waals surface area contributed by atoms with Gasteiger partial charge in [0.15, 0.2) is 9.84 Å². The topological polar surface area (TPSA) is 91.1 Å². The van der Waals surface area contributed by atoms with Crippen molar-refractivity contribution in [1.82, 2.24) is 4.98 Å². The first kappa shape index (κ1) is 22.9. The number of aryl methyl sites for hydroxylation is 1. The van der Waals surface area contributed by atoms with E-state index in [-0.39, 0.29) is 10.8 Å². The predicted octanol–water partition coefficient (Wildman–Crippen LogP) is 5.78. The molecule has 1 unspecified atom stereocenters. The molecule has 1 aliphatic heterocycles. The van der Waals surface area contributed by atoms with Gasteiger partial charge in [-0.2, -0.15) is 5.26 Å². The van der Waals surface area contributed by atoms with Gasteiger partial charge in [0.2, 0.25) is 5.91 Å². The molecule has 1 amide bonds. The monoisotopic (exact) mass is 503 g/mol. The zero-order chi connectivity index (χ0) is 25.9. The lowest BCUT2D eigenvalue weighted by atomic mass is 9.88. The molecule has 1 aliphatic rings. The summed E-state index contributed by atoms with van der Waals surface area (Å²) < 4.78 is 24.0. The minimum Gasteiger partial charge on any atom is -0.280 e. The van der Waals surface area contributed by atoms with Crippen LogP contribution in [-0.4, -0.2) is 25.6 Å². The van der Waals surface area contributed by atoms with Gasteiger partial charge in [0.05, 0.1) is 39.2 Å². The zero-order valence-electron chi connectivity index (χ0n) is 20.1. The molecule has 0 fully saturated rings. The van der Waals surface area contributed by atoms with Gasteiger partial charge in [0.1, 0.15) is 0 Å². The Balaban J connectivity index is 1.58. The van der Waals surface area contributed by atoms with Gasteiger partial charge in [0, 0.05) is 22.7 Å². The number of hydrogen-bond donors (Lipinski definition) is 0. The summed E-state index contributed by atoms with van der Waals surface area (Å²) in [5.74, 6) is -0.818. The van der Waals surface area contributed by atoms with Crippen molar-refractivity contribution in [2.75, 3.05) is 11.2 Å². The number of amides is 1. The number of fused-ring (bicyclic) bond motifs is 3. The van der Waals surface area contributed by atoms with Gasteiger partial charge in [-0.15, -0.1) is 0 Å². The molecule has 1 aromatic heterocycles. The molecule has 2 heterocycles. The summed E-state index contributed by atoms with van der Waals surface area (Å²) in [5.41, 5.74) is 5.73. The fourth-order valence-electron chi connectivity index (χ4n) is 5.12. The van der Waals surface area contributed by atoms with Crippen molar-refractivity contribution in [3.05, 3.63) is 107 Å². The average Bonchev–Trinajstić information content (AvgIpc) is 3.16. The predicted molar refractivity (Wildman–Crippen MR) is 144 cm³/mol. The molecule has 0 saturated heterocycles. The number of rotatable bonds is 3. The van der Waals surface area contributed by atoms with Crippen molar-refractivity contribution in [2.24, 2.45) is 0 Å². The highest BCUT2D eigenvalue weighted by atomic mass is 32.2. The highest BCUT2D eigenvalue weighted by Crippen LogP contribution is 2.47. The molecule has 6 rings (SSSR count). The molecule has 0 spiro atoms. The summed E-state index contributed by atoms with van der Waals surface area (Å²) in [4.78, 5) is 20.8. The lowest BCUT2D eigenvalue weighted by Gasteiger charge is -2.19. The third kappa shape index (κ3) is 3.65. The number of pyridine rings is 1. The maximum Gasteiger partial charge on any atom is 0.243 e. The molecule has 180 valence electrons. The molecule has 0 bridgehead atoms. The van der Waals surface area contributed by atoms with Crippen molar-refractivity contribution in [1.29, 1.82) is 5.26 Å². The van der Waals surface area contributed by atoms with Crippen molar-refractivity contribution in [2.45, 2.75) is 17.7 Å². The third-order valence-electron chi connectivity index (χ3n) is 6.94. The largest absolute Gasteiger partial charge is 0.280 e. The molecule has 0 N–H and O–H groups in total. The maximum atomic E-state index is 14.2. The van der Waals surface area contributed by atoms with E-state index in [0.717, 1.165) is 44.8 Å². The van der Waals surface area contributed by atoms with Crippen LogP contribution in [0.4, 0.5) is 11.4 Å². The normalized spacial score (nSPS) is 15.2. The second-order valence-electron chi connectivity index (χ2n) is 9.31. The van der Waals surface area contributed by atoms with E-state index >= 15 is 0 Å². The standard InChI is InChI=1S/C30H21N3O3S/c1-18-14-28-25(16-20(18)17-31)29(30(34)33(28)21-10-12-22(13-11-21)37(2,35)36)23-7-5-9-27-24(23)15-19-6-3-4-8-26(19)32-27/h3-16,29H,1-2H3. The number of anilines is 2. The minimum absolute atomic E-state index is 0.169. The average molecular weight is 504 g/mol. The van der Waals surface area contributed by atoms with Crippen molar-refractivity contribution < 1.29 is 13.2 Å². The Morgan fingerprint density at radius 3 is 2.35 bits per heavy atom. The Morgan fingerprint density at radius 1 is 0.892 bits per heavy atom. The van der Waals surface area contributed by atoms with Gasteiger partial charge in [-0.3, -0.25) is 9.69 Å². The van der Waals surface area contributed by atoms with Gasteiger partial charge in [-0.1, -0.05) is 30.3 Å². The number of aromatic nitrogens is 1. The molecule has 0 saturated carbocycles. The van der Waals surface area contributed by atoms with Crippen LogP contribution in [0, 0.1) is 18.3 Å². The Bertz CT molecular complexity index is 1910. The number of nitrogens with zero attached hydrogens (tertiary/aromatic N) is 3. The van der Waals surface area contributed by atoms with Crippen LogP contribution in [0.5, 0.6) is 0 Å². The summed E-state index contributed by atoms with van der Waals surface area (Å²) >= 11 is 0. The van der Waals surface area contributed by atoms with Crippen LogP contribution >= 0.6 is 0 Å². The van der Waals surface area contributed by atoms with Crippen molar-refractivity contribution in [3.8, 4) is 6.07 Å². The number of nitriles is 1. The Kier molecular flexibility index (Phi) is 5.11. The second kappa shape index (κ2) is 8.26. The Labute approximate surface area is 214 Å². The van der Waals surface area contributed by atoms with Crippen LogP contribution < -0.4 is 4.90 Å². The highest BCUT2D eigenvalue weighted by molar-refractivity contribution is 7.90. The number of carbonyl (C=O) groups excluding carboxylic acids is 1. The quantitative estimate of drug-likeness (QED) is 0.291. The first-order valence-corrected chi connectivity index (χ1v) is 13.6. The van der Waals surface area contributed by atoms with E-state index in [1.165, 1.54) is 12.1 Å². The zero-order valence-corrected chi connectivity index (χ0v) is 21.0. The summed E-state index contributed by atoms with van der Waals surface area (Å²) in [6, 6.07) is 27.9. The SMILES string of the molecule is Cc1cc2c(cc1C#N)C(c1cccc3nc4ccccc4cc13)C(=O)N2c1ccc(S(C)(=O)=O)cc1. The maximum absolute atomic E-state index is 14.2. The van der Waals surface area contributed by atoms with Crippen LogP contribution in [0.1, 0.15) is 28.2 Å². The van der Waals surface area contributed by atoms with Gasteiger partial charge >= 0.3 is 0 Å². The fourth-order valence-corrected chi connectivity index (χ4v) is 5.75. The second-order valence-corrected chi connectivity index (χ2v) is 11.3. The lowest BCUT2D eigenvalue weighted by Crippen LogP contribution is -2.24. The first-order chi connectivity index (χ1) is 17.8. The van der Waals surface area contributed by atoms with Crippen LogP contribution in [0.2, 0.25) is 0 Å². The molecular weight excluding hydrogens is 482 g/mol. The number of hydrogen-bond acceptors (Lipinski definition) is 5. The minimum atomic E-state index is -3.38. The smallest absolute Gasteiger partial charge is 0.243 e. The van der Waals surface area contributed by atoms with E-state index in [0.29, 0.717) is 16.9 Å². The molecule has 7 heteroatoms. The summed E-state index contributed by atoms with van der Waals surface area (Å²) in [6.45, 7) is 1.84. The number of para-hydroxylation sites is 1. The summed E-state index contributed by atoms with van der Waals surface area (Å²) in [5, 5.41) is 11.6. The van der Waals surface area contributed by atoms with E-state index in [9.17, 15) is 18.5 Å². The van der Waals surface area contributed by atoms with Crippen LogP contribution in [-0.2, 0) is 14.6 Å². The van der Waals surface area contributed by atoms with E-state index in [4.69, 9.17) is 4.98 Å². The molecule has 5 aromatic rings. The van der Waals surface area contributed by atoms with E-state index in [2.05, 4.69) is 12.1 Å². The fraction of sp³-hybridized carbons (Fsp3) is 0.100. The first-order valence-electron chi connectivity index (χ1n) is 11.7. The Morgan fingerprint density at radius 2 is 1.62 bits per heavy atom. The van der Waals surface area contributed by atoms with E-state index < -0.39 is 15.8 Å². The highest BCUT2D eigenvalue weighted by Gasteiger charge is 2.40. The van der Waals surface area contributed by atoms with Gasteiger partial charge in [0.25, 0.3) is 0 Å². The van der Waals surface area contributed by atoms with Gasteiger partial charge < -0.3 is 0 Å². The van der Waals surface area contributed by atoms with Gasteiger partial charge in [-0.05, 0) is 78.2 Å². The molecule has 4 aromatic carbocycles. The molecule has 6 nitrogen and oxygen atoms in total. The van der Waals surface area contributed by atoms with Crippen LogP contribution in [0.15, 0.2) is 89.8 Å². The van der Waals surface area contributed by atoms with E-state index in [1.54, 1.807) is 23.1 Å². The summed E-state index contributed by atoms with van der Waals surface area (Å²) in [6.07, 6.45) is 1.15.